The van der Waals surface area contributed by atoms with Gasteiger partial charge in [-0.3, -0.25) is 24.2 Å². The van der Waals surface area contributed by atoms with E-state index in [0.29, 0.717) is 26.1 Å². The van der Waals surface area contributed by atoms with Crippen molar-refractivity contribution in [1.82, 2.24) is 25.3 Å². The van der Waals surface area contributed by atoms with Crippen molar-refractivity contribution in [2.75, 3.05) is 32.8 Å². The molecule has 248 valence electrons. The van der Waals surface area contributed by atoms with Crippen LogP contribution in [0.1, 0.15) is 90.7 Å². The van der Waals surface area contributed by atoms with Gasteiger partial charge < -0.3 is 25.4 Å². The van der Waals surface area contributed by atoms with Crippen LogP contribution in [0.15, 0.2) is 24.3 Å². The van der Waals surface area contributed by atoms with E-state index in [2.05, 4.69) is 15.5 Å². The summed E-state index contributed by atoms with van der Waals surface area (Å²) in [6.07, 6.45) is 6.07. The number of carbonyl (C=O) groups excluding carboxylic acids is 3. The van der Waals surface area contributed by atoms with Gasteiger partial charge in [-0.15, -0.1) is 0 Å². The van der Waals surface area contributed by atoms with Crippen molar-refractivity contribution in [2.45, 2.75) is 109 Å². The van der Waals surface area contributed by atoms with Gasteiger partial charge in [0, 0.05) is 37.7 Å². The Kier molecular flexibility index (Phi) is 10.3. The molecule has 4 amide bonds. The molecule has 3 heterocycles. The highest BCUT2D eigenvalue weighted by Gasteiger charge is 2.46. The van der Waals surface area contributed by atoms with E-state index < -0.39 is 30.1 Å². The number of rotatable bonds is 8. The molecule has 1 aromatic carbocycles. The van der Waals surface area contributed by atoms with Crippen molar-refractivity contribution in [1.29, 1.82) is 0 Å². The Balaban J connectivity index is 1.39. The van der Waals surface area contributed by atoms with Crippen LogP contribution in [-0.4, -0.2) is 101 Å². The summed E-state index contributed by atoms with van der Waals surface area (Å²) in [6, 6.07) is 5.20. The van der Waals surface area contributed by atoms with E-state index in [1.54, 1.807) is 11.8 Å². The summed E-state index contributed by atoms with van der Waals surface area (Å²) in [5, 5.41) is 16.2. The molecule has 3 fully saturated rings. The molecular weight excluding hydrogens is 574 g/mol. The second-order valence-corrected chi connectivity index (χ2v) is 14.6. The first-order valence-electron chi connectivity index (χ1n) is 16.8. The van der Waals surface area contributed by atoms with Crippen molar-refractivity contribution in [3.63, 3.8) is 0 Å². The number of hydrogen-bond donors (Lipinski definition) is 3. The predicted molar refractivity (Wildman–Crippen MR) is 170 cm³/mol. The molecule has 0 aromatic heterocycles. The van der Waals surface area contributed by atoms with Crippen molar-refractivity contribution in [2.24, 2.45) is 11.3 Å². The van der Waals surface area contributed by atoms with E-state index in [1.807, 2.05) is 45.0 Å². The number of benzene rings is 1. The third kappa shape index (κ3) is 7.73. The number of carboxylic acid groups (broad SMARTS) is 1. The Morgan fingerprint density at radius 2 is 1.76 bits per heavy atom. The van der Waals surface area contributed by atoms with Crippen LogP contribution >= 0.6 is 0 Å². The zero-order chi connectivity index (χ0) is 32.3. The standard InChI is InChI=1S/C34H51N5O6/c1-22(39(33(43)44)21-34(2,3)4)30(40)36-29(23-11-6-5-7-12-23)32(42)38-19-24-13-10-17-37(24)20-27(38)31(41)35-26-16-18-45-28-15-9-8-14-25(26)28/h8-9,14-15,22-24,26-27,29H,5-7,10-13,16-21H2,1-4H3,(H,35,41)(H,36,40)(H,43,44)/t22-,24+,26+,27-,29-/m0/s1. The first kappa shape index (κ1) is 33.0. The number of amides is 4. The number of ether oxygens (including phenoxy) is 1. The number of hydrogen-bond acceptors (Lipinski definition) is 6. The Morgan fingerprint density at radius 1 is 1.02 bits per heavy atom. The zero-order valence-electron chi connectivity index (χ0n) is 27.3. The van der Waals surface area contributed by atoms with E-state index in [0.717, 1.165) is 67.7 Å². The van der Waals surface area contributed by atoms with E-state index in [9.17, 15) is 24.3 Å². The van der Waals surface area contributed by atoms with Crippen LogP contribution in [0.4, 0.5) is 4.79 Å². The summed E-state index contributed by atoms with van der Waals surface area (Å²) in [5.74, 6) is -0.221. The van der Waals surface area contributed by atoms with Crippen LogP contribution in [0.5, 0.6) is 5.75 Å². The average molecular weight is 626 g/mol. The highest BCUT2D eigenvalue weighted by Crippen LogP contribution is 2.34. The van der Waals surface area contributed by atoms with Crippen molar-refractivity contribution in [3.8, 4) is 5.75 Å². The van der Waals surface area contributed by atoms with Crippen LogP contribution < -0.4 is 15.4 Å². The maximum atomic E-state index is 14.6. The number of nitrogens with zero attached hydrogens (tertiary/aromatic N) is 3. The minimum absolute atomic E-state index is 0.0732. The molecule has 1 saturated carbocycles. The highest BCUT2D eigenvalue weighted by molar-refractivity contribution is 5.94. The third-order valence-electron chi connectivity index (χ3n) is 9.97. The molecule has 5 atom stereocenters. The van der Waals surface area contributed by atoms with Gasteiger partial charge in [0.15, 0.2) is 0 Å². The number of fused-ring (bicyclic) bond motifs is 2. The number of piperazine rings is 1. The van der Waals surface area contributed by atoms with Crippen LogP contribution in [0.3, 0.4) is 0 Å². The van der Waals surface area contributed by atoms with Crippen LogP contribution in [0.2, 0.25) is 0 Å². The van der Waals surface area contributed by atoms with Crippen LogP contribution in [-0.2, 0) is 14.4 Å². The fourth-order valence-electron chi connectivity index (χ4n) is 7.57. The minimum atomic E-state index is -1.17. The van der Waals surface area contributed by atoms with Gasteiger partial charge in [0.25, 0.3) is 0 Å². The molecule has 0 bridgehead atoms. The Hall–Kier alpha value is -3.34. The summed E-state index contributed by atoms with van der Waals surface area (Å²) in [4.78, 5) is 59.8. The van der Waals surface area contributed by atoms with Gasteiger partial charge in [0.05, 0.1) is 12.6 Å². The van der Waals surface area contributed by atoms with Gasteiger partial charge in [-0.1, -0.05) is 58.2 Å². The monoisotopic (exact) mass is 625 g/mol. The summed E-state index contributed by atoms with van der Waals surface area (Å²) in [5.41, 5.74) is 0.585. The van der Waals surface area contributed by atoms with Gasteiger partial charge >= 0.3 is 6.09 Å². The van der Waals surface area contributed by atoms with Gasteiger partial charge in [-0.2, -0.15) is 0 Å². The molecule has 11 heteroatoms. The Labute approximate surface area is 267 Å². The third-order valence-corrected chi connectivity index (χ3v) is 9.97. The molecule has 4 aliphatic rings. The summed E-state index contributed by atoms with van der Waals surface area (Å²) in [6.45, 7) is 9.82. The van der Waals surface area contributed by atoms with E-state index >= 15 is 0 Å². The lowest BCUT2D eigenvalue weighted by atomic mass is 9.82. The number of nitrogens with one attached hydrogen (secondary N) is 2. The quantitative estimate of drug-likeness (QED) is 0.401. The Morgan fingerprint density at radius 3 is 2.47 bits per heavy atom. The molecule has 3 N–H and O–H groups in total. The lowest BCUT2D eigenvalue weighted by Crippen LogP contribution is -2.66. The molecule has 0 spiro atoms. The fraction of sp³-hybridized carbons (Fsp3) is 0.706. The van der Waals surface area contributed by atoms with Crippen molar-refractivity contribution >= 4 is 23.8 Å². The smallest absolute Gasteiger partial charge is 0.407 e. The minimum Gasteiger partial charge on any atom is -0.493 e. The van der Waals surface area contributed by atoms with Gasteiger partial charge in [0.2, 0.25) is 17.7 Å². The van der Waals surface area contributed by atoms with E-state index in [1.165, 1.54) is 0 Å². The summed E-state index contributed by atoms with van der Waals surface area (Å²) < 4.78 is 5.81. The highest BCUT2D eigenvalue weighted by atomic mass is 16.5. The maximum absolute atomic E-state index is 14.6. The largest absolute Gasteiger partial charge is 0.493 e. The lowest BCUT2D eigenvalue weighted by molar-refractivity contribution is -0.150. The summed E-state index contributed by atoms with van der Waals surface area (Å²) >= 11 is 0. The molecule has 0 radical (unpaired) electrons. The normalized spacial score (nSPS) is 25.2. The molecule has 3 aliphatic heterocycles. The van der Waals surface area contributed by atoms with Gasteiger partial charge in [0.1, 0.15) is 23.9 Å². The number of carbonyl (C=O) groups is 4. The van der Waals surface area contributed by atoms with Crippen molar-refractivity contribution < 1.29 is 29.0 Å². The maximum Gasteiger partial charge on any atom is 0.407 e. The molecule has 11 nitrogen and oxygen atoms in total. The second-order valence-electron chi connectivity index (χ2n) is 14.6. The second kappa shape index (κ2) is 14.0. The van der Waals surface area contributed by atoms with Gasteiger partial charge in [-0.25, -0.2) is 4.79 Å². The Bertz CT molecular complexity index is 1240. The fourth-order valence-corrected chi connectivity index (χ4v) is 7.57. The predicted octanol–water partition coefficient (Wildman–Crippen LogP) is 3.78. The first-order chi connectivity index (χ1) is 21.4. The lowest BCUT2D eigenvalue weighted by Gasteiger charge is -2.45. The van der Waals surface area contributed by atoms with E-state index in [4.69, 9.17) is 4.74 Å². The van der Waals surface area contributed by atoms with Crippen LogP contribution in [0.25, 0.3) is 0 Å². The summed E-state index contributed by atoms with van der Waals surface area (Å²) in [7, 11) is 0. The van der Waals surface area contributed by atoms with E-state index in [-0.39, 0.29) is 41.8 Å². The molecule has 2 saturated heterocycles. The molecule has 1 aliphatic carbocycles. The average Bonchev–Trinajstić information content (AvgIpc) is 3.49. The molecule has 45 heavy (non-hydrogen) atoms. The molecule has 0 unspecified atom stereocenters. The number of para-hydroxylation sites is 1. The SMILES string of the molecule is C[C@@H](C(=O)N[C@H](C(=O)N1C[C@H]2CCCN2C[C@H]1C(=O)N[C@@H]1CCOc2ccccc21)C1CCCCC1)N(CC(C)(C)C)C(=O)O. The molecular formula is C34H51N5O6. The van der Waals surface area contributed by atoms with Crippen molar-refractivity contribution in [3.05, 3.63) is 29.8 Å². The first-order valence-corrected chi connectivity index (χ1v) is 16.8. The van der Waals surface area contributed by atoms with Crippen LogP contribution in [0, 0.1) is 11.3 Å². The van der Waals surface area contributed by atoms with Gasteiger partial charge in [-0.05, 0) is 56.6 Å². The zero-order valence-corrected chi connectivity index (χ0v) is 27.3. The topological polar surface area (TPSA) is 132 Å². The molecule has 1 aromatic rings. The molecule has 5 rings (SSSR count).